The van der Waals surface area contributed by atoms with E-state index in [-0.39, 0.29) is 29.8 Å². The van der Waals surface area contributed by atoms with Crippen molar-refractivity contribution in [2.24, 2.45) is 0 Å². The number of hydrogen-bond donors (Lipinski definition) is 2. The highest BCUT2D eigenvalue weighted by atomic mass is 19.1. The molecule has 106 valence electrons. The van der Waals surface area contributed by atoms with Crippen LogP contribution in [0.4, 0.5) is 10.1 Å². The minimum Gasteiger partial charge on any atom is -0.398 e. The smallest absolute Gasteiger partial charge is 0.254 e. The number of hydrogen-bond acceptors (Lipinski definition) is 3. The SMILES string of the molecule is Cc1c(N)cc(C(=O)N(CCCO)C(C)C)cc1F. The van der Waals surface area contributed by atoms with E-state index in [1.54, 1.807) is 11.8 Å². The molecule has 0 unspecified atom stereocenters. The summed E-state index contributed by atoms with van der Waals surface area (Å²) in [5, 5.41) is 8.86. The van der Waals surface area contributed by atoms with Crippen molar-refractivity contribution in [1.29, 1.82) is 0 Å². The number of carbonyl (C=O) groups is 1. The summed E-state index contributed by atoms with van der Waals surface area (Å²) in [7, 11) is 0. The van der Waals surface area contributed by atoms with Gasteiger partial charge >= 0.3 is 0 Å². The molecule has 0 saturated heterocycles. The largest absolute Gasteiger partial charge is 0.398 e. The summed E-state index contributed by atoms with van der Waals surface area (Å²) in [6.07, 6.45) is 0.494. The molecule has 0 radical (unpaired) electrons. The molecule has 0 spiro atoms. The molecule has 1 rings (SSSR count). The molecular formula is C14H21FN2O2. The molecule has 1 amide bonds. The van der Waals surface area contributed by atoms with Crippen LogP contribution in [0.5, 0.6) is 0 Å². The molecule has 5 heteroatoms. The first-order chi connectivity index (χ1) is 8.88. The van der Waals surface area contributed by atoms with Crippen molar-refractivity contribution in [1.82, 2.24) is 4.90 Å². The zero-order valence-electron chi connectivity index (χ0n) is 11.6. The number of nitrogens with zero attached hydrogens (tertiary/aromatic N) is 1. The molecule has 0 heterocycles. The van der Waals surface area contributed by atoms with E-state index in [2.05, 4.69) is 0 Å². The highest BCUT2D eigenvalue weighted by Crippen LogP contribution is 2.19. The van der Waals surface area contributed by atoms with Gasteiger partial charge in [0.15, 0.2) is 0 Å². The molecule has 0 saturated carbocycles. The van der Waals surface area contributed by atoms with Gasteiger partial charge in [0.1, 0.15) is 5.82 Å². The molecule has 1 aromatic rings. The second kappa shape index (κ2) is 6.52. The van der Waals surface area contributed by atoms with Crippen molar-refractivity contribution in [3.05, 3.63) is 29.1 Å². The Bertz CT molecular complexity index is 438. The van der Waals surface area contributed by atoms with Crippen LogP contribution in [0.3, 0.4) is 0 Å². The van der Waals surface area contributed by atoms with E-state index in [0.717, 1.165) is 0 Å². The number of aliphatic hydroxyl groups excluding tert-OH is 1. The van der Waals surface area contributed by atoms with Crippen LogP contribution >= 0.6 is 0 Å². The third kappa shape index (κ3) is 3.67. The number of anilines is 1. The molecule has 0 bridgehead atoms. The zero-order chi connectivity index (χ0) is 14.6. The van der Waals surface area contributed by atoms with Crippen molar-refractivity contribution in [3.63, 3.8) is 0 Å². The second-order valence-electron chi connectivity index (χ2n) is 4.84. The average molecular weight is 268 g/mol. The molecule has 0 fully saturated rings. The lowest BCUT2D eigenvalue weighted by atomic mass is 10.1. The summed E-state index contributed by atoms with van der Waals surface area (Å²) in [6.45, 7) is 5.78. The van der Waals surface area contributed by atoms with Gasteiger partial charge in [0.2, 0.25) is 0 Å². The molecule has 4 nitrogen and oxygen atoms in total. The minimum absolute atomic E-state index is 0.0148. The second-order valence-corrected chi connectivity index (χ2v) is 4.84. The van der Waals surface area contributed by atoms with Crippen LogP contribution < -0.4 is 5.73 Å². The van der Waals surface area contributed by atoms with E-state index in [1.165, 1.54) is 12.1 Å². The molecule has 1 aromatic carbocycles. The van der Waals surface area contributed by atoms with E-state index in [9.17, 15) is 9.18 Å². The predicted molar refractivity (Wildman–Crippen MR) is 73.4 cm³/mol. The van der Waals surface area contributed by atoms with Gasteiger partial charge in [-0.15, -0.1) is 0 Å². The normalized spacial score (nSPS) is 10.8. The Labute approximate surface area is 113 Å². The van der Waals surface area contributed by atoms with Gasteiger partial charge in [0.05, 0.1) is 0 Å². The summed E-state index contributed by atoms with van der Waals surface area (Å²) in [6, 6.07) is 2.68. The van der Waals surface area contributed by atoms with E-state index in [1.807, 2.05) is 13.8 Å². The molecule has 0 aromatic heterocycles. The van der Waals surface area contributed by atoms with Crippen LogP contribution in [0, 0.1) is 12.7 Å². The van der Waals surface area contributed by atoms with Crippen LogP contribution in [0.1, 0.15) is 36.2 Å². The maximum atomic E-state index is 13.6. The van der Waals surface area contributed by atoms with E-state index in [0.29, 0.717) is 18.5 Å². The Morgan fingerprint density at radius 2 is 2.11 bits per heavy atom. The van der Waals surface area contributed by atoms with Gasteiger partial charge in [0.25, 0.3) is 5.91 Å². The molecule has 3 N–H and O–H groups in total. The van der Waals surface area contributed by atoms with Gasteiger partial charge in [0, 0.05) is 36.0 Å². The first-order valence-corrected chi connectivity index (χ1v) is 6.36. The Morgan fingerprint density at radius 3 is 2.58 bits per heavy atom. The number of halogens is 1. The summed E-state index contributed by atoms with van der Waals surface area (Å²) in [5.74, 6) is -0.747. The van der Waals surface area contributed by atoms with Crippen molar-refractivity contribution < 1.29 is 14.3 Å². The summed E-state index contributed by atoms with van der Waals surface area (Å²) in [4.78, 5) is 13.9. The summed E-state index contributed by atoms with van der Waals surface area (Å²) < 4.78 is 13.6. The number of benzene rings is 1. The highest BCUT2D eigenvalue weighted by molar-refractivity contribution is 5.95. The van der Waals surface area contributed by atoms with Crippen LogP contribution in [0.25, 0.3) is 0 Å². The Kier molecular flexibility index (Phi) is 5.30. The number of nitrogens with two attached hydrogens (primary N) is 1. The zero-order valence-corrected chi connectivity index (χ0v) is 11.6. The molecule has 0 aliphatic rings. The summed E-state index contributed by atoms with van der Waals surface area (Å²) >= 11 is 0. The topological polar surface area (TPSA) is 66.6 Å². The third-order valence-corrected chi connectivity index (χ3v) is 3.07. The number of rotatable bonds is 5. The van der Waals surface area contributed by atoms with E-state index in [4.69, 9.17) is 10.8 Å². The number of carbonyl (C=O) groups excluding carboxylic acids is 1. The fraction of sp³-hybridized carbons (Fsp3) is 0.500. The number of aliphatic hydroxyl groups is 1. The van der Waals surface area contributed by atoms with E-state index < -0.39 is 5.82 Å². The van der Waals surface area contributed by atoms with Crippen LogP contribution in [-0.2, 0) is 0 Å². The van der Waals surface area contributed by atoms with Gasteiger partial charge < -0.3 is 15.7 Å². The van der Waals surface area contributed by atoms with Gasteiger partial charge in [-0.25, -0.2) is 4.39 Å². The standard InChI is InChI=1S/C14H21FN2O2/c1-9(2)17(5-4-6-18)14(19)11-7-12(15)10(3)13(16)8-11/h7-9,18H,4-6,16H2,1-3H3. The Balaban J connectivity index is 3.03. The highest BCUT2D eigenvalue weighted by Gasteiger charge is 2.20. The number of nitrogen functional groups attached to an aromatic ring is 1. The minimum atomic E-state index is -0.478. The lowest BCUT2D eigenvalue weighted by Gasteiger charge is -2.27. The van der Waals surface area contributed by atoms with Crippen molar-refractivity contribution in [2.75, 3.05) is 18.9 Å². The van der Waals surface area contributed by atoms with Crippen LogP contribution in [0.2, 0.25) is 0 Å². The molecule has 19 heavy (non-hydrogen) atoms. The van der Waals surface area contributed by atoms with Gasteiger partial charge in [-0.05, 0) is 39.3 Å². The lowest BCUT2D eigenvalue weighted by molar-refractivity contribution is 0.0692. The van der Waals surface area contributed by atoms with Crippen LogP contribution in [-0.4, -0.2) is 35.1 Å². The quantitative estimate of drug-likeness (QED) is 0.802. The monoisotopic (exact) mass is 268 g/mol. The number of amides is 1. The lowest BCUT2D eigenvalue weighted by Crippen LogP contribution is -2.38. The van der Waals surface area contributed by atoms with E-state index >= 15 is 0 Å². The summed E-state index contributed by atoms with van der Waals surface area (Å²) in [5.41, 5.74) is 6.55. The first kappa shape index (κ1) is 15.4. The first-order valence-electron chi connectivity index (χ1n) is 6.36. The fourth-order valence-electron chi connectivity index (χ4n) is 1.82. The van der Waals surface area contributed by atoms with Gasteiger partial charge in [-0.2, -0.15) is 0 Å². The molecule has 0 atom stereocenters. The van der Waals surface area contributed by atoms with Gasteiger partial charge in [-0.1, -0.05) is 0 Å². The fourth-order valence-corrected chi connectivity index (χ4v) is 1.82. The van der Waals surface area contributed by atoms with Crippen molar-refractivity contribution in [3.8, 4) is 0 Å². The third-order valence-electron chi connectivity index (χ3n) is 3.07. The predicted octanol–water partition coefficient (Wildman–Crippen LogP) is 1.95. The van der Waals surface area contributed by atoms with Crippen molar-refractivity contribution in [2.45, 2.75) is 33.2 Å². The maximum Gasteiger partial charge on any atom is 0.254 e. The Hall–Kier alpha value is -1.62. The average Bonchev–Trinajstić information content (AvgIpc) is 2.35. The molecule has 0 aliphatic heterocycles. The molecule has 0 aliphatic carbocycles. The van der Waals surface area contributed by atoms with Crippen LogP contribution in [0.15, 0.2) is 12.1 Å². The van der Waals surface area contributed by atoms with Gasteiger partial charge in [-0.3, -0.25) is 4.79 Å². The maximum absolute atomic E-state index is 13.6. The Morgan fingerprint density at radius 1 is 1.47 bits per heavy atom. The molecular weight excluding hydrogens is 247 g/mol. The van der Waals surface area contributed by atoms with Crippen molar-refractivity contribution >= 4 is 11.6 Å².